The number of hydrogen-bond donors (Lipinski definition) is 2. The van der Waals surface area contributed by atoms with Crippen molar-refractivity contribution in [3.8, 4) is 11.8 Å². The summed E-state index contributed by atoms with van der Waals surface area (Å²) in [5, 5.41) is 20.7. The quantitative estimate of drug-likeness (QED) is 0.557. The summed E-state index contributed by atoms with van der Waals surface area (Å²) in [6, 6.07) is 14.4. The second kappa shape index (κ2) is 9.75. The van der Waals surface area contributed by atoms with Crippen molar-refractivity contribution in [2.24, 2.45) is 10.8 Å². The molecule has 0 heterocycles. The molecule has 0 aliphatic heterocycles. The lowest BCUT2D eigenvalue weighted by atomic mass is 9.52. The second-order valence-electron chi connectivity index (χ2n) is 9.77. The van der Waals surface area contributed by atoms with Crippen LogP contribution in [0.4, 0.5) is 0 Å². The lowest BCUT2D eigenvalue weighted by Crippen LogP contribution is -2.63. The highest BCUT2D eigenvalue weighted by Crippen LogP contribution is 2.53. The number of nitrogens with one attached hydrogen (secondary N) is 1. The summed E-state index contributed by atoms with van der Waals surface area (Å²) in [7, 11) is 0. The molecular formula is C26H33ClN2O2. The number of benzene rings is 2. The van der Waals surface area contributed by atoms with E-state index in [4.69, 9.17) is 22.0 Å². The Morgan fingerprint density at radius 3 is 2.23 bits per heavy atom. The summed E-state index contributed by atoms with van der Waals surface area (Å²) >= 11 is 5.55. The van der Waals surface area contributed by atoms with E-state index >= 15 is 0 Å². The van der Waals surface area contributed by atoms with Crippen LogP contribution < -0.4 is 5.32 Å². The number of halogens is 1. The molecule has 1 saturated carbocycles. The maximum atomic E-state index is 12.5. The Balaban J connectivity index is 0.000000285. The minimum absolute atomic E-state index is 0.0524. The van der Waals surface area contributed by atoms with Gasteiger partial charge in [-0.3, -0.25) is 4.79 Å². The third kappa shape index (κ3) is 6.02. The Hall–Kier alpha value is -2.51. The highest BCUT2D eigenvalue weighted by Gasteiger charge is 2.53. The van der Waals surface area contributed by atoms with Gasteiger partial charge in [0.2, 0.25) is 0 Å². The Bertz CT molecular complexity index is 944. The zero-order valence-electron chi connectivity index (χ0n) is 19.3. The summed E-state index contributed by atoms with van der Waals surface area (Å²) < 4.78 is 0. The van der Waals surface area contributed by atoms with Crippen molar-refractivity contribution in [1.29, 1.82) is 5.26 Å². The minimum atomic E-state index is 0.0524. The van der Waals surface area contributed by atoms with Crippen LogP contribution in [0.3, 0.4) is 0 Å². The van der Waals surface area contributed by atoms with Crippen LogP contribution in [-0.4, -0.2) is 17.1 Å². The first kappa shape index (κ1) is 24.8. The van der Waals surface area contributed by atoms with Gasteiger partial charge >= 0.3 is 0 Å². The molecule has 5 heteroatoms. The first-order valence-electron chi connectivity index (χ1n) is 10.7. The van der Waals surface area contributed by atoms with Crippen molar-refractivity contribution in [3.05, 3.63) is 64.2 Å². The van der Waals surface area contributed by atoms with Gasteiger partial charge in [0.1, 0.15) is 11.8 Å². The van der Waals surface area contributed by atoms with Crippen LogP contribution >= 0.6 is 11.6 Å². The van der Waals surface area contributed by atoms with Gasteiger partial charge in [-0.15, -0.1) is 0 Å². The molecule has 31 heavy (non-hydrogen) atoms. The fourth-order valence-corrected chi connectivity index (χ4v) is 4.92. The van der Waals surface area contributed by atoms with E-state index in [-0.39, 0.29) is 33.6 Å². The first-order chi connectivity index (χ1) is 14.4. The Kier molecular flexibility index (Phi) is 7.78. The van der Waals surface area contributed by atoms with Gasteiger partial charge in [0.15, 0.2) is 0 Å². The average Bonchev–Trinajstić information content (AvgIpc) is 2.71. The van der Waals surface area contributed by atoms with Crippen LogP contribution in [0, 0.1) is 22.2 Å². The van der Waals surface area contributed by atoms with Gasteiger partial charge in [-0.05, 0) is 65.5 Å². The molecule has 2 N–H and O–H groups in total. The highest BCUT2D eigenvalue weighted by molar-refractivity contribution is 6.31. The molecular weight excluding hydrogens is 408 g/mol. The Labute approximate surface area is 191 Å². The molecule has 1 aliphatic rings. The van der Waals surface area contributed by atoms with Crippen LogP contribution in [0.15, 0.2) is 42.5 Å². The largest absolute Gasteiger partial charge is 0.508 e. The van der Waals surface area contributed by atoms with Crippen LogP contribution in [-0.2, 0) is 0 Å². The summed E-state index contributed by atoms with van der Waals surface area (Å²) in [4.78, 5) is 12.5. The summed E-state index contributed by atoms with van der Waals surface area (Å²) in [6.07, 6.45) is 2.27. The normalized spacial score (nSPS) is 17.4. The lowest BCUT2D eigenvalue weighted by Gasteiger charge is -2.57. The van der Waals surface area contributed by atoms with Crippen LogP contribution in [0.5, 0.6) is 5.75 Å². The van der Waals surface area contributed by atoms with Gasteiger partial charge in [-0.2, -0.15) is 5.26 Å². The van der Waals surface area contributed by atoms with Crippen LogP contribution in [0.25, 0.3) is 0 Å². The topological polar surface area (TPSA) is 73.1 Å². The smallest absolute Gasteiger partial charge is 0.251 e. The summed E-state index contributed by atoms with van der Waals surface area (Å²) in [5.41, 5.74) is 2.82. The first-order valence-corrected chi connectivity index (χ1v) is 11.1. The molecule has 0 aromatic heterocycles. The van der Waals surface area contributed by atoms with Crippen molar-refractivity contribution in [2.45, 2.75) is 66.3 Å². The SMILES string of the molecule is CCC(C)c1ccc(C(=O)NC2C(C)(C)CC2(C)C)cc1.N#Cc1ccc(O)cc1Cl. The molecule has 0 saturated heterocycles. The molecule has 2 aromatic carbocycles. The number of hydrogen-bond acceptors (Lipinski definition) is 3. The summed E-state index contributed by atoms with van der Waals surface area (Å²) in [6.45, 7) is 13.3. The number of carbonyl (C=O) groups excluding carboxylic acids is 1. The van der Waals surface area contributed by atoms with Crippen molar-refractivity contribution in [3.63, 3.8) is 0 Å². The number of rotatable bonds is 4. The fraction of sp³-hybridized carbons (Fsp3) is 0.462. The number of nitriles is 1. The molecule has 166 valence electrons. The molecule has 1 aliphatic carbocycles. The van der Waals surface area contributed by atoms with Gasteiger partial charge in [0.25, 0.3) is 5.91 Å². The van der Waals surface area contributed by atoms with Gasteiger partial charge in [-0.25, -0.2) is 0 Å². The van der Waals surface area contributed by atoms with E-state index in [0.29, 0.717) is 11.5 Å². The number of phenols is 1. The molecule has 1 unspecified atom stereocenters. The average molecular weight is 441 g/mol. The third-order valence-electron chi connectivity index (χ3n) is 6.18. The molecule has 0 bridgehead atoms. The van der Waals surface area contributed by atoms with E-state index in [0.717, 1.165) is 18.4 Å². The van der Waals surface area contributed by atoms with Crippen LogP contribution in [0.2, 0.25) is 5.02 Å². The van der Waals surface area contributed by atoms with E-state index in [2.05, 4.69) is 59.0 Å². The van der Waals surface area contributed by atoms with Gasteiger partial charge in [0, 0.05) is 11.6 Å². The lowest BCUT2D eigenvalue weighted by molar-refractivity contribution is -0.0366. The monoisotopic (exact) mass is 440 g/mol. The maximum absolute atomic E-state index is 12.5. The molecule has 0 spiro atoms. The van der Waals surface area contributed by atoms with E-state index in [1.807, 2.05) is 18.2 Å². The standard InChI is InChI=1S/C19H29NO.C7H4ClNO/c1-7-13(2)14-8-10-15(11-9-14)16(21)20-17-18(3,4)12-19(17,5)6;8-7-3-6(10)2-1-5(7)4-9/h8-11,13,17H,7,12H2,1-6H3,(H,20,21);1-3,10H. The second-order valence-corrected chi connectivity index (χ2v) is 10.2. The molecule has 1 atom stereocenters. The number of phenolic OH excluding ortho intramolecular Hbond substituents is 1. The minimum Gasteiger partial charge on any atom is -0.508 e. The predicted octanol–water partition coefficient (Wildman–Crippen LogP) is 6.67. The maximum Gasteiger partial charge on any atom is 0.251 e. The molecule has 1 amide bonds. The van der Waals surface area contributed by atoms with Gasteiger partial charge in [-0.1, -0.05) is 65.3 Å². The molecule has 4 nitrogen and oxygen atoms in total. The zero-order valence-corrected chi connectivity index (χ0v) is 20.0. The molecule has 1 fully saturated rings. The van der Waals surface area contributed by atoms with Crippen molar-refractivity contribution in [2.75, 3.05) is 0 Å². The van der Waals surface area contributed by atoms with E-state index in [1.54, 1.807) is 0 Å². The number of aromatic hydroxyl groups is 1. The third-order valence-corrected chi connectivity index (χ3v) is 6.49. The Morgan fingerprint density at radius 2 is 1.77 bits per heavy atom. The number of nitrogens with zero attached hydrogens (tertiary/aromatic N) is 1. The highest BCUT2D eigenvalue weighted by atomic mass is 35.5. The van der Waals surface area contributed by atoms with Crippen LogP contribution in [0.1, 0.15) is 81.8 Å². The zero-order chi connectivity index (χ0) is 23.4. The molecule has 3 rings (SSSR count). The molecule has 0 radical (unpaired) electrons. The van der Waals surface area contributed by atoms with Gasteiger partial charge in [0.05, 0.1) is 10.6 Å². The predicted molar refractivity (Wildman–Crippen MR) is 126 cm³/mol. The van der Waals surface area contributed by atoms with E-state index < -0.39 is 0 Å². The van der Waals surface area contributed by atoms with E-state index in [9.17, 15) is 4.79 Å². The van der Waals surface area contributed by atoms with Crippen molar-refractivity contribution in [1.82, 2.24) is 5.32 Å². The van der Waals surface area contributed by atoms with E-state index in [1.165, 1.54) is 23.8 Å². The number of carbonyl (C=O) groups is 1. The number of amides is 1. The Morgan fingerprint density at radius 1 is 1.19 bits per heavy atom. The van der Waals surface area contributed by atoms with Crippen molar-refractivity contribution >= 4 is 17.5 Å². The fourth-order valence-electron chi connectivity index (χ4n) is 4.70. The van der Waals surface area contributed by atoms with Gasteiger partial charge < -0.3 is 10.4 Å². The summed E-state index contributed by atoms with van der Waals surface area (Å²) in [5.74, 6) is 0.673. The van der Waals surface area contributed by atoms with Crippen molar-refractivity contribution < 1.29 is 9.90 Å². The molecule has 2 aromatic rings.